The Balaban J connectivity index is 2.62. The third kappa shape index (κ3) is 4.01. The molecule has 0 aliphatic carbocycles. The Labute approximate surface area is 107 Å². The molecule has 3 N–H and O–H groups in total. The zero-order valence-electron chi connectivity index (χ0n) is 11.0. The molecular formula is C13H20N2O3. The van der Waals surface area contributed by atoms with Gasteiger partial charge in [0.05, 0.1) is 19.8 Å². The van der Waals surface area contributed by atoms with Crippen molar-refractivity contribution in [1.82, 2.24) is 10.6 Å². The maximum atomic E-state index is 11.0. The van der Waals surface area contributed by atoms with Gasteiger partial charge in [-0.2, -0.15) is 0 Å². The van der Waals surface area contributed by atoms with E-state index in [0.29, 0.717) is 12.3 Å². The van der Waals surface area contributed by atoms with E-state index in [1.807, 2.05) is 25.1 Å². The van der Waals surface area contributed by atoms with Crippen molar-refractivity contribution in [2.24, 2.45) is 0 Å². The topological polar surface area (TPSA) is 70.6 Å². The Kier molecular flexibility index (Phi) is 5.61. The maximum Gasteiger partial charge on any atom is 0.233 e. The number of ether oxygens (including phenoxy) is 1. The minimum atomic E-state index is -0.704. The first kappa shape index (κ1) is 14.5. The fourth-order valence-electron chi connectivity index (χ4n) is 1.63. The number of carbonyl (C=O) groups excluding carboxylic acids is 1. The summed E-state index contributed by atoms with van der Waals surface area (Å²) in [7, 11) is 3.14. The van der Waals surface area contributed by atoms with Gasteiger partial charge in [0.25, 0.3) is 0 Å². The number of aliphatic hydroxyl groups excluding tert-OH is 1. The minimum absolute atomic E-state index is 0.113. The van der Waals surface area contributed by atoms with Gasteiger partial charge < -0.3 is 20.5 Å². The van der Waals surface area contributed by atoms with E-state index < -0.39 is 6.10 Å². The zero-order valence-corrected chi connectivity index (χ0v) is 11.0. The van der Waals surface area contributed by atoms with Crippen molar-refractivity contribution in [1.29, 1.82) is 0 Å². The Bertz CT molecular complexity index is 407. The Hall–Kier alpha value is -1.59. The van der Waals surface area contributed by atoms with Crippen LogP contribution in [0, 0.1) is 6.92 Å². The Morgan fingerprint density at radius 1 is 1.50 bits per heavy atom. The van der Waals surface area contributed by atoms with Crippen molar-refractivity contribution in [3.05, 3.63) is 29.3 Å². The van der Waals surface area contributed by atoms with Crippen LogP contribution in [-0.4, -0.2) is 38.3 Å². The van der Waals surface area contributed by atoms with Crippen molar-refractivity contribution in [2.45, 2.75) is 13.0 Å². The number of amides is 1. The van der Waals surface area contributed by atoms with E-state index in [1.165, 1.54) is 0 Å². The lowest BCUT2D eigenvalue weighted by Crippen LogP contribution is -2.33. The number of likely N-dealkylation sites (N-methyl/N-ethyl adjacent to an activating group) is 1. The molecule has 0 aliphatic rings. The number of carbonyl (C=O) groups is 1. The predicted molar refractivity (Wildman–Crippen MR) is 69.6 cm³/mol. The first-order valence-corrected chi connectivity index (χ1v) is 5.82. The number of hydrogen-bond acceptors (Lipinski definition) is 4. The average molecular weight is 252 g/mol. The second kappa shape index (κ2) is 6.98. The van der Waals surface area contributed by atoms with Gasteiger partial charge >= 0.3 is 0 Å². The van der Waals surface area contributed by atoms with Gasteiger partial charge in [0.2, 0.25) is 5.91 Å². The summed E-state index contributed by atoms with van der Waals surface area (Å²) >= 11 is 0. The van der Waals surface area contributed by atoms with Crippen molar-refractivity contribution in [3.63, 3.8) is 0 Å². The van der Waals surface area contributed by atoms with Gasteiger partial charge in [-0.3, -0.25) is 4.79 Å². The fourth-order valence-corrected chi connectivity index (χ4v) is 1.63. The van der Waals surface area contributed by atoms with E-state index in [9.17, 15) is 9.90 Å². The smallest absolute Gasteiger partial charge is 0.233 e. The van der Waals surface area contributed by atoms with Crippen LogP contribution in [0.5, 0.6) is 5.75 Å². The van der Waals surface area contributed by atoms with Gasteiger partial charge in [0, 0.05) is 19.2 Å². The number of nitrogens with one attached hydrogen (secondary N) is 2. The van der Waals surface area contributed by atoms with Crippen LogP contribution in [0.4, 0.5) is 0 Å². The van der Waals surface area contributed by atoms with Crippen LogP contribution in [-0.2, 0) is 4.79 Å². The lowest BCUT2D eigenvalue weighted by molar-refractivity contribution is -0.119. The number of aryl methyl sites for hydroxylation is 1. The summed E-state index contributed by atoms with van der Waals surface area (Å²) < 4.78 is 5.20. The van der Waals surface area contributed by atoms with Gasteiger partial charge in [-0.05, 0) is 19.1 Å². The van der Waals surface area contributed by atoms with Gasteiger partial charge in [0.15, 0.2) is 0 Å². The highest BCUT2D eigenvalue weighted by atomic mass is 16.5. The third-order valence-corrected chi connectivity index (χ3v) is 2.65. The Morgan fingerprint density at radius 3 is 2.83 bits per heavy atom. The summed E-state index contributed by atoms with van der Waals surface area (Å²) in [6.45, 7) is 2.43. The van der Waals surface area contributed by atoms with E-state index in [1.54, 1.807) is 14.2 Å². The summed E-state index contributed by atoms with van der Waals surface area (Å²) in [6, 6.07) is 5.63. The minimum Gasteiger partial charge on any atom is -0.496 e. The van der Waals surface area contributed by atoms with Crippen LogP contribution in [0.1, 0.15) is 17.2 Å². The number of hydrogen-bond donors (Lipinski definition) is 3. The van der Waals surface area contributed by atoms with E-state index in [2.05, 4.69) is 10.6 Å². The summed E-state index contributed by atoms with van der Waals surface area (Å²) in [6.07, 6.45) is -0.704. The molecule has 1 aromatic carbocycles. The van der Waals surface area contributed by atoms with Crippen molar-refractivity contribution in [2.75, 3.05) is 27.2 Å². The molecule has 18 heavy (non-hydrogen) atoms. The molecule has 5 nitrogen and oxygen atoms in total. The maximum absolute atomic E-state index is 11.0. The molecule has 1 atom stereocenters. The standard InChI is InChI=1S/C13H20N2O3/c1-9-4-5-12(18-3)10(6-9)11(16)7-15-8-13(17)14-2/h4-6,11,15-16H,7-8H2,1-3H3,(H,14,17). The third-order valence-electron chi connectivity index (χ3n) is 2.65. The van der Waals surface area contributed by atoms with Gasteiger partial charge in [-0.25, -0.2) is 0 Å². The zero-order chi connectivity index (χ0) is 13.5. The number of rotatable bonds is 6. The van der Waals surface area contributed by atoms with Crippen LogP contribution in [0.3, 0.4) is 0 Å². The van der Waals surface area contributed by atoms with Crippen molar-refractivity contribution >= 4 is 5.91 Å². The van der Waals surface area contributed by atoms with Gasteiger partial charge in [-0.15, -0.1) is 0 Å². The molecule has 5 heteroatoms. The quantitative estimate of drug-likeness (QED) is 0.684. The first-order chi connectivity index (χ1) is 8.58. The summed E-state index contributed by atoms with van der Waals surface area (Å²) in [5, 5.41) is 15.5. The van der Waals surface area contributed by atoms with Crippen molar-refractivity contribution in [3.8, 4) is 5.75 Å². The van der Waals surface area contributed by atoms with Gasteiger partial charge in [0.1, 0.15) is 5.75 Å². The molecule has 100 valence electrons. The normalized spacial score (nSPS) is 12.0. The molecule has 1 unspecified atom stereocenters. The Morgan fingerprint density at radius 2 is 2.22 bits per heavy atom. The predicted octanol–water partition coefficient (Wildman–Crippen LogP) is 0.373. The van der Waals surface area contributed by atoms with Crippen LogP contribution >= 0.6 is 0 Å². The molecule has 0 saturated carbocycles. The summed E-state index contributed by atoms with van der Waals surface area (Å²) in [5.41, 5.74) is 1.78. The molecule has 0 aliphatic heterocycles. The number of benzene rings is 1. The molecule has 1 rings (SSSR count). The molecule has 0 heterocycles. The monoisotopic (exact) mass is 252 g/mol. The molecule has 1 aromatic rings. The highest BCUT2D eigenvalue weighted by Gasteiger charge is 2.13. The molecular weight excluding hydrogens is 232 g/mol. The molecule has 0 bridgehead atoms. The van der Waals surface area contributed by atoms with Crippen molar-refractivity contribution < 1.29 is 14.6 Å². The van der Waals surface area contributed by atoms with E-state index in [4.69, 9.17) is 4.74 Å². The number of methoxy groups -OCH3 is 1. The molecule has 0 radical (unpaired) electrons. The largest absolute Gasteiger partial charge is 0.496 e. The fraction of sp³-hybridized carbons (Fsp3) is 0.462. The number of aliphatic hydroxyl groups is 1. The lowest BCUT2D eigenvalue weighted by atomic mass is 10.1. The average Bonchev–Trinajstić information content (AvgIpc) is 2.38. The van der Waals surface area contributed by atoms with Crippen LogP contribution in [0.2, 0.25) is 0 Å². The molecule has 0 saturated heterocycles. The van der Waals surface area contributed by atoms with Crippen LogP contribution in [0.25, 0.3) is 0 Å². The first-order valence-electron chi connectivity index (χ1n) is 5.82. The molecule has 0 spiro atoms. The summed E-state index contributed by atoms with van der Waals surface area (Å²) in [4.78, 5) is 11.0. The molecule has 1 amide bonds. The molecule has 0 aromatic heterocycles. The highest BCUT2D eigenvalue weighted by Crippen LogP contribution is 2.25. The SMILES string of the molecule is CNC(=O)CNCC(O)c1cc(C)ccc1OC. The molecule has 0 fully saturated rings. The van der Waals surface area contributed by atoms with Crippen LogP contribution < -0.4 is 15.4 Å². The summed E-state index contributed by atoms with van der Waals surface area (Å²) in [5.74, 6) is 0.535. The van der Waals surface area contributed by atoms with Crippen LogP contribution in [0.15, 0.2) is 18.2 Å². The van der Waals surface area contributed by atoms with Gasteiger partial charge in [-0.1, -0.05) is 11.6 Å². The highest BCUT2D eigenvalue weighted by molar-refractivity contribution is 5.77. The lowest BCUT2D eigenvalue weighted by Gasteiger charge is -2.16. The van der Waals surface area contributed by atoms with E-state index in [0.717, 1.165) is 11.1 Å². The second-order valence-electron chi connectivity index (χ2n) is 4.07. The van der Waals surface area contributed by atoms with E-state index in [-0.39, 0.29) is 12.5 Å². The van der Waals surface area contributed by atoms with E-state index >= 15 is 0 Å². The second-order valence-corrected chi connectivity index (χ2v) is 4.07.